The van der Waals surface area contributed by atoms with Gasteiger partial charge >= 0.3 is 0 Å². The Hall–Kier alpha value is -1.52. The van der Waals surface area contributed by atoms with Crippen molar-refractivity contribution < 1.29 is 14.2 Å². The predicted molar refractivity (Wildman–Crippen MR) is 69.9 cm³/mol. The van der Waals surface area contributed by atoms with Gasteiger partial charge in [0, 0.05) is 13.1 Å². The van der Waals surface area contributed by atoms with Gasteiger partial charge in [0.05, 0.1) is 13.2 Å². The molecule has 1 heterocycles. The van der Waals surface area contributed by atoms with E-state index in [1.807, 2.05) is 24.3 Å². The Balaban J connectivity index is 1.63. The lowest BCUT2D eigenvalue weighted by atomic mass is 10.2. The molecule has 98 valence electrons. The van der Waals surface area contributed by atoms with E-state index in [1.54, 1.807) is 0 Å². The highest BCUT2D eigenvalue weighted by molar-refractivity contribution is 5.44. The lowest BCUT2D eigenvalue weighted by Gasteiger charge is -2.06. The smallest absolute Gasteiger partial charge is 0.231 e. The second-order valence-electron chi connectivity index (χ2n) is 4.05. The van der Waals surface area contributed by atoms with E-state index in [0.717, 1.165) is 44.2 Å². The van der Waals surface area contributed by atoms with Crippen LogP contribution in [0.15, 0.2) is 30.9 Å². The monoisotopic (exact) mass is 249 g/mol. The van der Waals surface area contributed by atoms with Crippen LogP contribution in [0.3, 0.4) is 0 Å². The summed E-state index contributed by atoms with van der Waals surface area (Å²) >= 11 is 0. The Morgan fingerprint density at radius 2 is 2.17 bits per heavy atom. The largest absolute Gasteiger partial charge is 0.454 e. The standard InChI is InChI=1S/C14H19NO3/c1-2-3-7-16-8-6-15-10-12-4-5-13-14(9-12)18-11-17-13/h2,4-5,9,15H,1,3,6-8,10-11H2. The minimum absolute atomic E-state index is 0.323. The first kappa shape index (κ1) is 12.9. The van der Waals surface area contributed by atoms with E-state index < -0.39 is 0 Å². The molecule has 1 aliphatic heterocycles. The molecule has 0 saturated carbocycles. The molecule has 0 amide bonds. The summed E-state index contributed by atoms with van der Waals surface area (Å²) in [6.45, 7) is 7.08. The molecule has 2 rings (SSSR count). The Kier molecular flexibility index (Phi) is 5.05. The van der Waals surface area contributed by atoms with Gasteiger partial charge in [-0.25, -0.2) is 0 Å². The molecule has 1 aromatic carbocycles. The first-order valence-electron chi connectivity index (χ1n) is 6.18. The van der Waals surface area contributed by atoms with Gasteiger partial charge in [-0.3, -0.25) is 0 Å². The molecule has 1 aliphatic rings. The molecule has 0 atom stereocenters. The quantitative estimate of drug-likeness (QED) is 0.566. The number of rotatable bonds is 8. The summed E-state index contributed by atoms with van der Waals surface area (Å²) in [5.41, 5.74) is 1.19. The van der Waals surface area contributed by atoms with Crippen molar-refractivity contribution in [1.29, 1.82) is 0 Å². The molecule has 0 spiro atoms. The van der Waals surface area contributed by atoms with Crippen LogP contribution in [0.1, 0.15) is 12.0 Å². The van der Waals surface area contributed by atoms with Crippen LogP contribution in [0.2, 0.25) is 0 Å². The molecular formula is C14H19NO3. The Bertz CT molecular complexity index is 393. The predicted octanol–water partition coefficient (Wildman–Crippen LogP) is 2.10. The van der Waals surface area contributed by atoms with Gasteiger partial charge in [-0.15, -0.1) is 6.58 Å². The van der Waals surface area contributed by atoms with E-state index in [4.69, 9.17) is 14.2 Å². The summed E-state index contributed by atoms with van der Waals surface area (Å²) < 4.78 is 16.0. The maximum Gasteiger partial charge on any atom is 0.231 e. The van der Waals surface area contributed by atoms with Crippen molar-refractivity contribution in [3.8, 4) is 11.5 Å². The normalized spacial score (nSPS) is 12.7. The lowest BCUT2D eigenvalue weighted by Crippen LogP contribution is -2.19. The molecule has 18 heavy (non-hydrogen) atoms. The number of nitrogens with one attached hydrogen (secondary N) is 1. The molecule has 0 saturated heterocycles. The third-order valence-corrected chi connectivity index (χ3v) is 2.66. The minimum atomic E-state index is 0.323. The minimum Gasteiger partial charge on any atom is -0.454 e. The summed E-state index contributed by atoms with van der Waals surface area (Å²) in [5.74, 6) is 1.66. The lowest BCUT2D eigenvalue weighted by molar-refractivity contribution is 0.140. The molecule has 4 nitrogen and oxygen atoms in total. The first-order chi connectivity index (χ1) is 8.90. The highest BCUT2D eigenvalue weighted by atomic mass is 16.7. The van der Waals surface area contributed by atoms with Crippen LogP contribution in [0.4, 0.5) is 0 Å². The van der Waals surface area contributed by atoms with E-state index in [0.29, 0.717) is 6.79 Å². The highest BCUT2D eigenvalue weighted by Crippen LogP contribution is 2.32. The van der Waals surface area contributed by atoms with E-state index in [-0.39, 0.29) is 0 Å². The molecule has 1 N–H and O–H groups in total. The van der Waals surface area contributed by atoms with Crippen molar-refractivity contribution in [2.24, 2.45) is 0 Å². The Labute approximate surface area is 108 Å². The number of ether oxygens (including phenoxy) is 3. The van der Waals surface area contributed by atoms with Gasteiger partial charge in [0.15, 0.2) is 11.5 Å². The zero-order chi connectivity index (χ0) is 12.6. The summed E-state index contributed by atoms with van der Waals surface area (Å²) in [6.07, 6.45) is 2.77. The molecule has 0 aliphatic carbocycles. The van der Waals surface area contributed by atoms with Gasteiger partial charge in [-0.1, -0.05) is 12.1 Å². The van der Waals surface area contributed by atoms with Gasteiger partial charge < -0.3 is 19.5 Å². The van der Waals surface area contributed by atoms with E-state index in [1.165, 1.54) is 5.56 Å². The van der Waals surface area contributed by atoms with Crippen molar-refractivity contribution in [3.63, 3.8) is 0 Å². The van der Waals surface area contributed by atoms with Crippen LogP contribution in [-0.4, -0.2) is 26.6 Å². The molecule has 0 unspecified atom stereocenters. The summed E-state index contributed by atoms with van der Waals surface area (Å²) in [7, 11) is 0. The molecule has 1 aromatic rings. The fourth-order valence-corrected chi connectivity index (χ4v) is 1.70. The fraction of sp³-hybridized carbons (Fsp3) is 0.429. The maximum absolute atomic E-state index is 5.41. The van der Waals surface area contributed by atoms with E-state index >= 15 is 0 Å². The molecular weight excluding hydrogens is 230 g/mol. The van der Waals surface area contributed by atoms with Crippen molar-refractivity contribution in [1.82, 2.24) is 5.32 Å². The van der Waals surface area contributed by atoms with Crippen LogP contribution < -0.4 is 14.8 Å². The number of hydrogen-bond donors (Lipinski definition) is 1. The van der Waals surface area contributed by atoms with Crippen LogP contribution in [0.5, 0.6) is 11.5 Å². The van der Waals surface area contributed by atoms with E-state index in [2.05, 4.69) is 11.9 Å². The number of fused-ring (bicyclic) bond motifs is 1. The van der Waals surface area contributed by atoms with Gasteiger partial charge in [0.1, 0.15) is 0 Å². The molecule has 0 fully saturated rings. The van der Waals surface area contributed by atoms with Crippen molar-refractivity contribution >= 4 is 0 Å². The summed E-state index contributed by atoms with van der Waals surface area (Å²) in [6, 6.07) is 5.99. The number of hydrogen-bond acceptors (Lipinski definition) is 4. The third kappa shape index (κ3) is 3.75. The fourth-order valence-electron chi connectivity index (χ4n) is 1.70. The SMILES string of the molecule is C=CCCOCCNCc1ccc2c(c1)OCO2. The van der Waals surface area contributed by atoms with Crippen LogP contribution in [0, 0.1) is 0 Å². The topological polar surface area (TPSA) is 39.7 Å². The number of benzene rings is 1. The van der Waals surface area contributed by atoms with E-state index in [9.17, 15) is 0 Å². The zero-order valence-corrected chi connectivity index (χ0v) is 10.5. The van der Waals surface area contributed by atoms with Gasteiger partial charge in [0.2, 0.25) is 6.79 Å². The van der Waals surface area contributed by atoms with Crippen LogP contribution in [-0.2, 0) is 11.3 Å². The third-order valence-electron chi connectivity index (χ3n) is 2.66. The highest BCUT2D eigenvalue weighted by Gasteiger charge is 2.12. The molecule has 0 bridgehead atoms. The van der Waals surface area contributed by atoms with Crippen molar-refractivity contribution in [3.05, 3.63) is 36.4 Å². The zero-order valence-electron chi connectivity index (χ0n) is 10.5. The second-order valence-corrected chi connectivity index (χ2v) is 4.05. The van der Waals surface area contributed by atoms with Crippen LogP contribution in [0.25, 0.3) is 0 Å². The van der Waals surface area contributed by atoms with Gasteiger partial charge in [-0.2, -0.15) is 0 Å². The van der Waals surface area contributed by atoms with Crippen molar-refractivity contribution in [2.45, 2.75) is 13.0 Å². The van der Waals surface area contributed by atoms with Crippen molar-refractivity contribution in [2.75, 3.05) is 26.6 Å². The molecule has 0 radical (unpaired) electrons. The summed E-state index contributed by atoms with van der Waals surface area (Å²) in [5, 5.41) is 3.32. The first-order valence-corrected chi connectivity index (χ1v) is 6.18. The summed E-state index contributed by atoms with van der Waals surface area (Å²) in [4.78, 5) is 0. The second kappa shape index (κ2) is 7.03. The molecule has 0 aromatic heterocycles. The van der Waals surface area contributed by atoms with Crippen LogP contribution >= 0.6 is 0 Å². The van der Waals surface area contributed by atoms with Gasteiger partial charge in [-0.05, 0) is 24.1 Å². The maximum atomic E-state index is 5.41. The average molecular weight is 249 g/mol. The van der Waals surface area contributed by atoms with Gasteiger partial charge in [0.25, 0.3) is 0 Å². The Morgan fingerprint density at radius 1 is 1.28 bits per heavy atom. The Morgan fingerprint density at radius 3 is 3.06 bits per heavy atom. The molecule has 4 heteroatoms. The average Bonchev–Trinajstić information content (AvgIpc) is 2.85.